The predicted octanol–water partition coefficient (Wildman–Crippen LogP) is 2.51. The first-order valence-corrected chi connectivity index (χ1v) is 6.66. The second kappa shape index (κ2) is 7.26. The molecule has 0 aliphatic heterocycles. The van der Waals surface area contributed by atoms with E-state index in [1.165, 1.54) is 0 Å². The summed E-state index contributed by atoms with van der Waals surface area (Å²) in [5, 5.41) is 3.15. The molecule has 4 nitrogen and oxygen atoms in total. The van der Waals surface area contributed by atoms with E-state index in [-0.39, 0.29) is 23.8 Å². The predicted molar refractivity (Wildman–Crippen MR) is 77.7 cm³/mol. The highest BCUT2D eigenvalue weighted by Crippen LogP contribution is 2.20. The molecule has 0 saturated carbocycles. The molecule has 0 aliphatic rings. The van der Waals surface area contributed by atoms with Crippen LogP contribution in [0.15, 0.2) is 24.3 Å². The Morgan fingerprint density at radius 1 is 1.32 bits per heavy atom. The van der Waals surface area contributed by atoms with Crippen LogP contribution in [0.3, 0.4) is 0 Å². The number of ketones is 1. The molecule has 1 unspecified atom stereocenters. The van der Waals surface area contributed by atoms with E-state index in [0.29, 0.717) is 12.4 Å². The molecule has 1 atom stereocenters. The van der Waals surface area contributed by atoms with Crippen LogP contribution in [0, 0.1) is 5.92 Å². The number of carbonyl (C=O) groups is 1. The van der Waals surface area contributed by atoms with Gasteiger partial charge in [-0.1, -0.05) is 26.0 Å². The number of nitrogen functional groups attached to an aromatic ring is 1. The fourth-order valence-corrected chi connectivity index (χ4v) is 1.75. The average Bonchev–Trinajstić information content (AvgIpc) is 2.33. The Hall–Kier alpha value is -1.39. The lowest BCUT2D eigenvalue weighted by molar-refractivity contribution is -0.124. The second-order valence-corrected chi connectivity index (χ2v) is 5.22. The number of hydrogen-bond donors (Lipinski definition) is 2. The monoisotopic (exact) mass is 264 g/mol. The van der Waals surface area contributed by atoms with Crippen molar-refractivity contribution < 1.29 is 9.53 Å². The lowest BCUT2D eigenvalue weighted by Gasteiger charge is -2.21. The largest absolute Gasteiger partial charge is 0.399 e. The summed E-state index contributed by atoms with van der Waals surface area (Å²) in [7, 11) is 0. The number of hydrogen-bond acceptors (Lipinski definition) is 4. The Bertz CT molecular complexity index is 416. The van der Waals surface area contributed by atoms with Crippen LogP contribution in [0.4, 0.5) is 5.69 Å². The first kappa shape index (κ1) is 15.7. The van der Waals surface area contributed by atoms with Crippen LogP contribution < -0.4 is 11.1 Å². The summed E-state index contributed by atoms with van der Waals surface area (Å²) in [5.74, 6) is 0.0935. The van der Waals surface area contributed by atoms with E-state index in [4.69, 9.17) is 10.5 Å². The van der Waals surface area contributed by atoms with Crippen molar-refractivity contribution >= 4 is 11.5 Å². The van der Waals surface area contributed by atoms with Gasteiger partial charge in [-0.15, -0.1) is 0 Å². The normalized spacial score (nSPS) is 12.9. The van der Waals surface area contributed by atoms with Crippen molar-refractivity contribution in [2.24, 2.45) is 5.92 Å². The van der Waals surface area contributed by atoms with Gasteiger partial charge in [-0.2, -0.15) is 0 Å². The van der Waals surface area contributed by atoms with Crippen molar-refractivity contribution in [3.63, 3.8) is 0 Å². The molecule has 106 valence electrons. The van der Waals surface area contributed by atoms with Gasteiger partial charge in [-0.3, -0.25) is 10.1 Å². The smallest absolute Gasteiger partial charge is 0.156 e. The topological polar surface area (TPSA) is 64.3 Å². The number of nitrogens with two attached hydrogens (primary N) is 1. The molecular weight excluding hydrogens is 240 g/mol. The van der Waals surface area contributed by atoms with Gasteiger partial charge in [0.2, 0.25) is 0 Å². The standard InChI is InChI=1S/C15H24N2O2/c1-10(2)15(18)14(17-9-19-11(3)4)12-6-5-7-13(16)8-12/h5-8,10-11,14,17H,9,16H2,1-4H3. The zero-order valence-electron chi connectivity index (χ0n) is 12.1. The fraction of sp³-hybridized carbons (Fsp3) is 0.533. The van der Waals surface area contributed by atoms with Gasteiger partial charge in [0.15, 0.2) is 5.78 Å². The van der Waals surface area contributed by atoms with Crippen molar-refractivity contribution in [2.45, 2.75) is 39.8 Å². The summed E-state index contributed by atoms with van der Waals surface area (Å²) in [5.41, 5.74) is 7.32. The van der Waals surface area contributed by atoms with E-state index in [9.17, 15) is 4.79 Å². The lowest BCUT2D eigenvalue weighted by atomic mass is 9.95. The molecule has 0 saturated heterocycles. The zero-order chi connectivity index (χ0) is 14.4. The molecule has 3 N–H and O–H groups in total. The Morgan fingerprint density at radius 3 is 2.53 bits per heavy atom. The van der Waals surface area contributed by atoms with E-state index in [0.717, 1.165) is 5.56 Å². The number of Topliss-reactive ketones (excluding diaryl/α,β-unsaturated/α-hetero) is 1. The third kappa shape index (κ3) is 5.01. The molecule has 19 heavy (non-hydrogen) atoms. The highest BCUT2D eigenvalue weighted by Gasteiger charge is 2.22. The van der Waals surface area contributed by atoms with E-state index >= 15 is 0 Å². The van der Waals surface area contributed by atoms with Gasteiger partial charge in [0.25, 0.3) is 0 Å². The molecule has 1 aromatic rings. The molecule has 4 heteroatoms. The molecule has 0 heterocycles. The number of benzene rings is 1. The van der Waals surface area contributed by atoms with Crippen molar-refractivity contribution in [1.29, 1.82) is 0 Å². The summed E-state index contributed by atoms with van der Waals surface area (Å²) < 4.78 is 5.46. The molecule has 0 radical (unpaired) electrons. The Kier molecular flexibility index (Phi) is 5.99. The zero-order valence-corrected chi connectivity index (χ0v) is 12.1. The maximum Gasteiger partial charge on any atom is 0.156 e. The van der Waals surface area contributed by atoms with Gasteiger partial charge in [0, 0.05) is 11.6 Å². The fourth-order valence-electron chi connectivity index (χ4n) is 1.75. The quantitative estimate of drug-likeness (QED) is 0.586. The maximum absolute atomic E-state index is 12.3. The third-order valence-corrected chi connectivity index (χ3v) is 2.80. The lowest BCUT2D eigenvalue weighted by Crippen LogP contribution is -2.33. The van der Waals surface area contributed by atoms with Gasteiger partial charge in [0.05, 0.1) is 18.9 Å². The molecule has 0 amide bonds. The van der Waals surface area contributed by atoms with Crippen LogP contribution in [0.5, 0.6) is 0 Å². The molecule has 0 aliphatic carbocycles. The third-order valence-electron chi connectivity index (χ3n) is 2.80. The minimum absolute atomic E-state index is 0.0435. The molecule has 0 bridgehead atoms. The van der Waals surface area contributed by atoms with Crippen LogP contribution in [0.25, 0.3) is 0 Å². The van der Waals surface area contributed by atoms with E-state index < -0.39 is 0 Å². The van der Waals surface area contributed by atoms with Crippen LogP contribution in [0.1, 0.15) is 39.3 Å². The Morgan fingerprint density at radius 2 is 2.00 bits per heavy atom. The minimum atomic E-state index is -0.373. The highest BCUT2D eigenvalue weighted by molar-refractivity contribution is 5.87. The van der Waals surface area contributed by atoms with Crippen molar-refractivity contribution in [3.05, 3.63) is 29.8 Å². The second-order valence-electron chi connectivity index (χ2n) is 5.22. The van der Waals surface area contributed by atoms with Crippen LogP contribution in [-0.2, 0) is 9.53 Å². The molecule has 1 aromatic carbocycles. The van der Waals surface area contributed by atoms with E-state index in [1.54, 1.807) is 0 Å². The van der Waals surface area contributed by atoms with E-state index in [2.05, 4.69) is 5.32 Å². The van der Waals surface area contributed by atoms with Crippen molar-refractivity contribution in [3.8, 4) is 0 Å². The summed E-state index contributed by atoms with van der Waals surface area (Å²) in [6, 6.07) is 7.03. The van der Waals surface area contributed by atoms with Crippen LogP contribution >= 0.6 is 0 Å². The Balaban J connectivity index is 2.83. The number of nitrogens with one attached hydrogen (secondary N) is 1. The van der Waals surface area contributed by atoms with Crippen LogP contribution in [-0.4, -0.2) is 18.6 Å². The van der Waals surface area contributed by atoms with Gasteiger partial charge < -0.3 is 10.5 Å². The van der Waals surface area contributed by atoms with Crippen molar-refractivity contribution in [1.82, 2.24) is 5.32 Å². The molecule has 0 aromatic heterocycles. The first-order chi connectivity index (χ1) is 8.91. The molecule has 0 fully saturated rings. The van der Waals surface area contributed by atoms with Crippen LogP contribution in [0.2, 0.25) is 0 Å². The summed E-state index contributed by atoms with van der Waals surface area (Å²) in [6.45, 7) is 8.05. The number of carbonyl (C=O) groups excluding carboxylic acids is 1. The SMILES string of the molecule is CC(C)OCNC(C(=O)C(C)C)c1cccc(N)c1. The highest BCUT2D eigenvalue weighted by atomic mass is 16.5. The van der Waals surface area contributed by atoms with Crippen molar-refractivity contribution in [2.75, 3.05) is 12.5 Å². The summed E-state index contributed by atoms with van der Waals surface area (Å²) >= 11 is 0. The first-order valence-electron chi connectivity index (χ1n) is 6.66. The van der Waals surface area contributed by atoms with Gasteiger partial charge in [-0.05, 0) is 31.5 Å². The van der Waals surface area contributed by atoms with E-state index in [1.807, 2.05) is 52.0 Å². The average molecular weight is 264 g/mol. The molecule has 1 rings (SSSR count). The van der Waals surface area contributed by atoms with Gasteiger partial charge in [0.1, 0.15) is 0 Å². The maximum atomic E-state index is 12.3. The number of ether oxygens (including phenoxy) is 1. The minimum Gasteiger partial charge on any atom is -0.399 e. The summed E-state index contributed by atoms with van der Waals surface area (Å²) in [4.78, 5) is 12.3. The van der Waals surface area contributed by atoms with Gasteiger partial charge in [-0.25, -0.2) is 0 Å². The summed E-state index contributed by atoms with van der Waals surface area (Å²) in [6.07, 6.45) is 0.128. The molecular formula is C15H24N2O2. The molecule has 0 spiro atoms. The number of anilines is 1. The number of rotatable bonds is 7. The Labute approximate surface area is 115 Å². The van der Waals surface area contributed by atoms with Gasteiger partial charge >= 0.3 is 0 Å².